The second kappa shape index (κ2) is 16.0. The highest BCUT2D eigenvalue weighted by Gasteiger charge is 2.71. The fourth-order valence-corrected chi connectivity index (χ4v) is 18.5. The van der Waals surface area contributed by atoms with Gasteiger partial charge in [0.2, 0.25) is 10.0 Å². The SMILES string of the molecule is CC(C)[C@@H]1CC[C@]2(NC[C@H]([C@@H](C)NS(=O)(=O)C(C)C)N3CCS(=O)(=O)CC3)CC[C@]3(C)[C@H](CC[C@@H]4[C@@]5(C)CC[C@H](OC(=O)[C@H]6C[C@@H](C(=O)O)C6(C)C)C(C)(C)[C@@H]5CC[C@]43C)[C@@H]12. The van der Waals surface area contributed by atoms with E-state index in [1.54, 1.807) is 13.8 Å². The van der Waals surface area contributed by atoms with Crippen molar-refractivity contribution in [2.45, 2.75) is 183 Å². The van der Waals surface area contributed by atoms with E-state index in [1.807, 2.05) is 20.8 Å². The van der Waals surface area contributed by atoms with Crippen LogP contribution in [0.25, 0.3) is 0 Å². The molecule has 13 heteroatoms. The topological polar surface area (TPSA) is 159 Å². The molecule has 0 bridgehead atoms. The molecule has 0 radical (unpaired) electrons. The van der Waals surface area contributed by atoms with Crippen LogP contribution in [0.2, 0.25) is 0 Å². The summed E-state index contributed by atoms with van der Waals surface area (Å²) in [5.74, 6) is 1.46. The van der Waals surface area contributed by atoms with Crippen LogP contribution in [-0.4, -0.2) is 98.9 Å². The van der Waals surface area contributed by atoms with Crippen LogP contribution < -0.4 is 10.0 Å². The van der Waals surface area contributed by atoms with Crippen molar-refractivity contribution in [1.29, 1.82) is 0 Å². The molecular weight excluding hydrogens is 811 g/mol. The van der Waals surface area contributed by atoms with Crippen LogP contribution in [0.3, 0.4) is 0 Å². The third kappa shape index (κ3) is 7.69. The number of rotatable bonds is 12. The van der Waals surface area contributed by atoms with E-state index in [0.29, 0.717) is 61.6 Å². The Morgan fingerprint density at radius 1 is 0.787 bits per heavy atom. The highest BCUT2D eigenvalue weighted by molar-refractivity contribution is 7.91. The van der Waals surface area contributed by atoms with Crippen molar-refractivity contribution in [3.05, 3.63) is 0 Å². The predicted molar refractivity (Wildman–Crippen MR) is 241 cm³/mol. The average molecular weight is 894 g/mol. The summed E-state index contributed by atoms with van der Waals surface area (Å²) in [7, 11) is -6.63. The van der Waals surface area contributed by atoms with Crippen molar-refractivity contribution in [2.75, 3.05) is 31.1 Å². The summed E-state index contributed by atoms with van der Waals surface area (Å²) in [6.07, 6.45) is 11.3. The number of carboxylic acid groups (broad SMARTS) is 1. The molecular formula is C48H83N3O8S2. The molecule has 6 aliphatic carbocycles. The molecule has 0 spiro atoms. The number of sulfone groups is 1. The molecule has 1 heterocycles. The summed E-state index contributed by atoms with van der Waals surface area (Å²) < 4.78 is 60.9. The molecule has 0 aromatic heterocycles. The van der Waals surface area contributed by atoms with Gasteiger partial charge >= 0.3 is 11.9 Å². The van der Waals surface area contributed by atoms with Crippen molar-refractivity contribution in [1.82, 2.24) is 14.9 Å². The minimum atomic E-state index is -3.53. The van der Waals surface area contributed by atoms with Gasteiger partial charge in [-0.3, -0.25) is 14.5 Å². The molecule has 11 nitrogen and oxygen atoms in total. The lowest BCUT2D eigenvalue weighted by molar-refractivity contribution is -0.249. The average Bonchev–Trinajstić information content (AvgIpc) is 3.53. The number of esters is 1. The van der Waals surface area contributed by atoms with E-state index in [1.165, 1.54) is 19.3 Å². The van der Waals surface area contributed by atoms with Gasteiger partial charge in [0.05, 0.1) is 28.6 Å². The zero-order valence-electron chi connectivity index (χ0n) is 39.8. The summed E-state index contributed by atoms with van der Waals surface area (Å²) in [5, 5.41) is 13.4. The highest BCUT2D eigenvalue weighted by atomic mass is 32.2. The second-order valence-corrected chi connectivity index (χ2v) is 28.8. The number of sulfonamides is 1. The van der Waals surface area contributed by atoms with Gasteiger partial charge in [-0.2, -0.15) is 0 Å². The molecule has 7 aliphatic rings. The first-order valence-electron chi connectivity index (χ1n) is 24.2. The number of ether oxygens (including phenoxy) is 1. The van der Waals surface area contributed by atoms with Crippen LogP contribution in [0.5, 0.6) is 0 Å². The number of nitrogens with zero attached hydrogens (tertiary/aromatic N) is 1. The van der Waals surface area contributed by atoms with Crippen LogP contribution in [0.4, 0.5) is 0 Å². The molecule has 7 rings (SSSR count). The fraction of sp³-hybridized carbons (Fsp3) is 0.958. The lowest BCUT2D eigenvalue weighted by atomic mass is 9.32. The Morgan fingerprint density at radius 2 is 1.44 bits per heavy atom. The van der Waals surface area contributed by atoms with Gasteiger partial charge < -0.3 is 15.2 Å². The molecule has 0 amide bonds. The Hall–Kier alpha value is -1.28. The highest BCUT2D eigenvalue weighted by Crippen LogP contribution is 2.76. The van der Waals surface area contributed by atoms with Gasteiger partial charge in [-0.1, -0.05) is 62.3 Å². The second-order valence-electron chi connectivity index (χ2n) is 24.2. The van der Waals surface area contributed by atoms with Crippen LogP contribution in [0.1, 0.15) is 154 Å². The monoisotopic (exact) mass is 894 g/mol. The number of carbonyl (C=O) groups excluding carboxylic acids is 1. The summed E-state index contributed by atoms with van der Waals surface area (Å²) >= 11 is 0. The normalized spacial score (nSPS) is 43.8. The quantitative estimate of drug-likeness (QED) is 0.167. The Bertz CT molecular complexity index is 1900. The Labute approximate surface area is 369 Å². The summed E-state index contributed by atoms with van der Waals surface area (Å²) in [6, 6.07) is -0.553. The molecule has 3 N–H and O–H groups in total. The van der Waals surface area contributed by atoms with Gasteiger partial charge in [0.25, 0.3) is 0 Å². The number of aliphatic carboxylic acids is 1. The van der Waals surface area contributed by atoms with E-state index in [4.69, 9.17) is 4.74 Å². The van der Waals surface area contributed by atoms with E-state index in [9.17, 15) is 31.5 Å². The van der Waals surface area contributed by atoms with Crippen LogP contribution in [-0.2, 0) is 34.2 Å². The lowest BCUT2D eigenvalue weighted by Crippen LogP contribution is -2.69. The van der Waals surface area contributed by atoms with Gasteiger partial charge in [-0.15, -0.1) is 0 Å². The molecule has 6 saturated carbocycles. The van der Waals surface area contributed by atoms with Crippen molar-refractivity contribution in [2.24, 2.45) is 74.4 Å². The fourth-order valence-electron chi connectivity index (χ4n) is 16.3. The van der Waals surface area contributed by atoms with Gasteiger partial charge in [0.15, 0.2) is 9.84 Å². The maximum atomic E-state index is 13.7. The van der Waals surface area contributed by atoms with Crippen molar-refractivity contribution >= 4 is 31.8 Å². The predicted octanol–water partition coefficient (Wildman–Crippen LogP) is 7.54. The largest absolute Gasteiger partial charge is 0.481 e. The minimum absolute atomic E-state index is 0.0520. The molecule has 0 aromatic carbocycles. The molecule has 1 aliphatic heterocycles. The van der Waals surface area contributed by atoms with E-state index in [0.717, 1.165) is 44.9 Å². The van der Waals surface area contributed by atoms with Crippen LogP contribution in [0, 0.1) is 74.4 Å². The zero-order chi connectivity index (χ0) is 45.1. The van der Waals surface area contributed by atoms with Gasteiger partial charge in [-0.05, 0) is 149 Å². The van der Waals surface area contributed by atoms with Gasteiger partial charge in [0, 0.05) is 42.7 Å². The number of hydrogen-bond acceptors (Lipinski definition) is 9. The first-order valence-corrected chi connectivity index (χ1v) is 27.6. The smallest absolute Gasteiger partial charge is 0.309 e. The van der Waals surface area contributed by atoms with E-state index < -0.39 is 42.4 Å². The third-order valence-electron chi connectivity index (χ3n) is 20.4. The number of carbonyl (C=O) groups is 2. The number of nitrogens with one attached hydrogen (secondary N) is 2. The van der Waals surface area contributed by atoms with Gasteiger partial charge in [0.1, 0.15) is 6.10 Å². The van der Waals surface area contributed by atoms with Crippen molar-refractivity contribution < 1.29 is 36.3 Å². The van der Waals surface area contributed by atoms with E-state index in [2.05, 4.69) is 63.4 Å². The summed E-state index contributed by atoms with van der Waals surface area (Å²) in [6.45, 7) is 28.0. The minimum Gasteiger partial charge on any atom is -0.481 e. The maximum Gasteiger partial charge on any atom is 0.309 e. The number of fused-ring (bicyclic) bond motifs is 7. The molecule has 14 atom stereocenters. The lowest BCUT2D eigenvalue weighted by Gasteiger charge is -2.73. The van der Waals surface area contributed by atoms with Crippen LogP contribution in [0.15, 0.2) is 0 Å². The molecule has 0 unspecified atom stereocenters. The number of carboxylic acids is 1. The first kappa shape index (κ1) is 47.7. The molecule has 0 aromatic rings. The molecule has 61 heavy (non-hydrogen) atoms. The summed E-state index contributed by atoms with van der Waals surface area (Å²) in [5.41, 5.74) is -0.427. The van der Waals surface area contributed by atoms with Crippen LogP contribution >= 0.6 is 0 Å². The van der Waals surface area contributed by atoms with Crippen molar-refractivity contribution in [3.63, 3.8) is 0 Å². The third-order valence-corrected chi connectivity index (χ3v) is 24.0. The van der Waals surface area contributed by atoms with Gasteiger partial charge in [-0.25, -0.2) is 21.6 Å². The molecule has 1 saturated heterocycles. The maximum absolute atomic E-state index is 13.7. The molecule has 7 fully saturated rings. The standard InChI is InChI=1S/C48H83N3O8S2/c1-29(2)32-15-20-48(49-28-36(31(5)50-61(57,58)30(3)4)51-23-25-60(55,56)26-24-51)22-21-46(11)33(40(32)48)13-14-38-45(10)18-17-39(44(8,9)37(45)16-19-47(38,46)12)59-42(54)35-27-34(41(52)53)43(35,6)7/h29-40,49-50H,13-28H2,1-12H3,(H,52,53)/t31-,32+,33-,34+,35-,36-,37+,38-,39+,40-,45+,46-,47-,48+/m1/s1. The Balaban J connectivity index is 1.12. The summed E-state index contributed by atoms with van der Waals surface area (Å²) in [4.78, 5) is 27.8. The zero-order valence-corrected chi connectivity index (χ0v) is 41.4. The Kier molecular flexibility index (Phi) is 12.5. The Morgan fingerprint density at radius 3 is 2.03 bits per heavy atom. The first-order chi connectivity index (χ1) is 28.1. The molecule has 350 valence electrons. The van der Waals surface area contributed by atoms with E-state index >= 15 is 0 Å². The van der Waals surface area contributed by atoms with E-state index in [-0.39, 0.29) is 68.8 Å². The van der Waals surface area contributed by atoms with Crippen molar-refractivity contribution in [3.8, 4) is 0 Å². The number of hydrogen-bond donors (Lipinski definition) is 3.